The molecule has 2 unspecified atom stereocenters. The predicted molar refractivity (Wildman–Crippen MR) is 140 cm³/mol. The summed E-state index contributed by atoms with van der Waals surface area (Å²) in [5, 5.41) is 1.12. The van der Waals surface area contributed by atoms with Crippen LogP contribution in [0, 0.1) is 0 Å². The van der Waals surface area contributed by atoms with Crippen molar-refractivity contribution in [3.63, 3.8) is 0 Å². The van der Waals surface area contributed by atoms with E-state index in [2.05, 4.69) is 22.2 Å². The van der Waals surface area contributed by atoms with Gasteiger partial charge in [-0.2, -0.15) is 0 Å². The van der Waals surface area contributed by atoms with Crippen LogP contribution in [0.4, 0.5) is 4.79 Å². The fraction of sp³-hybridized carbons (Fsp3) is 0.414. The van der Waals surface area contributed by atoms with Gasteiger partial charge in [-0.1, -0.05) is 37.3 Å². The number of carbonyl (C=O) groups is 3. The third-order valence-corrected chi connectivity index (χ3v) is 7.74. The zero-order valence-corrected chi connectivity index (χ0v) is 21.5. The molecule has 0 radical (unpaired) electrons. The number of para-hydroxylation sites is 1. The summed E-state index contributed by atoms with van der Waals surface area (Å²) in [6.07, 6.45) is 3.67. The van der Waals surface area contributed by atoms with Gasteiger partial charge in [0.05, 0.1) is 6.54 Å². The normalized spacial score (nSPS) is 21.1. The number of hydrogen-bond acceptors (Lipinski definition) is 5. The molecule has 9 heteroatoms. The molecule has 3 aromatic rings. The quantitative estimate of drug-likeness (QED) is 0.379. The summed E-state index contributed by atoms with van der Waals surface area (Å²) >= 11 is 0. The molecule has 4 heterocycles. The van der Waals surface area contributed by atoms with Gasteiger partial charge in [-0.05, 0) is 48.6 Å². The Labute approximate surface area is 221 Å². The molecular weight excluding hydrogens is 484 g/mol. The van der Waals surface area contributed by atoms with Crippen molar-refractivity contribution in [3.05, 3.63) is 70.9 Å². The van der Waals surface area contributed by atoms with Crippen molar-refractivity contribution < 1.29 is 24.0 Å². The molecule has 3 aliphatic heterocycles. The number of amides is 4. The SMILES string of the molecule is CCCN1C(=O)C2Cc3c(n(Cc4ccc(C(=O)NOC5CCCCO5)cc4)c4ccccc34)CN2C1=O. The first-order valence-corrected chi connectivity index (χ1v) is 13.4. The lowest BCUT2D eigenvalue weighted by Gasteiger charge is -2.28. The molecule has 2 aromatic carbocycles. The number of aromatic nitrogens is 1. The average Bonchev–Trinajstić information content (AvgIpc) is 3.38. The van der Waals surface area contributed by atoms with Gasteiger partial charge < -0.3 is 14.2 Å². The summed E-state index contributed by atoms with van der Waals surface area (Å²) in [6.45, 7) is 4.06. The second kappa shape index (κ2) is 10.2. The van der Waals surface area contributed by atoms with Crippen molar-refractivity contribution >= 4 is 28.7 Å². The van der Waals surface area contributed by atoms with E-state index < -0.39 is 12.3 Å². The molecule has 3 aliphatic rings. The van der Waals surface area contributed by atoms with Crippen LogP contribution in [-0.2, 0) is 33.9 Å². The second-order valence-electron chi connectivity index (χ2n) is 10.2. The zero-order valence-electron chi connectivity index (χ0n) is 21.5. The number of fused-ring (bicyclic) bond motifs is 4. The summed E-state index contributed by atoms with van der Waals surface area (Å²) in [4.78, 5) is 47.2. The summed E-state index contributed by atoms with van der Waals surface area (Å²) < 4.78 is 7.73. The minimum Gasteiger partial charge on any atom is -0.350 e. The van der Waals surface area contributed by atoms with Crippen LogP contribution in [0.3, 0.4) is 0 Å². The van der Waals surface area contributed by atoms with Crippen LogP contribution < -0.4 is 5.48 Å². The van der Waals surface area contributed by atoms with E-state index in [9.17, 15) is 14.4 Å². The minimum atomic E-state index is -0.431. The molecule has 0 spiro atoms. The zero-order chi connectivity index (χ0) is 26.2. The molecule has 2 fully saturated rings. The van der Waals surface area contributed by atoms with E-state index in [1.165, 1.54) is 4.90 Å². The lowest BCUT2D eigenvalue weighted by molar-refractivity contribution is -0.186. The Hall–Kier alpha value is -3.69. The first-order chi connectivity index (χ1) is 18.5. The number of imide groups is 1. The van der Waals surface area contributed by atoms with Gasteiger partial charge in [-0.15, -0.1) is 0 Å². The van der Waals surface area contributed by atoms with E-state index in [1.807, 2.05) is 31.2 Å². The molecule has 2 atom stereocenters. The number of nitrogens with one attached hydrogen (secondary N) is 1. The fourth-order valence-corrected chi connectivity index (χ4v) is 5.80. The average molecular weight is 517 g/mol. The number of hydrogen-bond donors (Lipinski definition) is 1. The van der Waals surface area contributed by atoms with Gasteiger partial charge in [0.2, 0.25) is 0 Å². The monoisotopic (exact) mass is 516 g/mol. The van der Waals surface area contributed by atoms with E-state index >= 15 is 0 Å². The maximum atomic E-state index is 13.1. The highest BCUT2D eigenvalue weighted by Crippen LogP contribution is 2.37. The van der Waals surface area contributed by atoms with Gasteiger partial charge in [0.1, 0.15) is 6.04 Å². The van der Waals surface area contributed by atoms with E-state index in [0.717, 1.165) is 53.4 Å². The molecule has 4 amide bonds. The smallest absolute Gasteiger partial charge is 0.327 e. The molecule has 9 nitrogen and oxygen atoms in total. The van der Waals surface area contributed by atoms with Crippen molar-refractivity contribution in [1.82, 2.24) is 19.8 Å². The van der Waals surface area contributed by atoms with Crippen LogP contribution in [-0.4, -0.2) is 57.7 Å². The summed E-state index contributed by atoms with van der Waals surface area (Å²) in [6, 6.07) is 15.0. The van der Waals surface area contributed by atoms with Gasteiger partial charge >= 0.3 is 6.03 Å². The Kier molecular flexibility index (Phi) is 6.63. The first kappa shape index (κ1) is 24.6. The number of hydroxylamine groups is 1. The molecule has 0 bridgehead atoms. The predicted octanol–water partition coefficient (Wildman–Crippen LogP) is 3.98. The number of urea groups is 1. The highest BCUT2D eigenvalue weighted by molar-refractivity contribution is 6.05. The van der Waals surface area contributed by atoms with E-state index in [-0.39, 0.29) is 17.8 Å². The van der Waals surface area contributed by atoms with E-state index in [1.54, 1.807) is 17.0 Å². The molecule has 2 saturated heterocycles. The fourth-order valence-electron chi connectivity index (χ4n) is 5.80. The maximum absolute atomic E-state index is 13.1. The first-order valence-electron chi connectivity index (χ1n) is 13.4. The molecule has 38 heavy (non-hydrogen) atoms. The van der Waals surface area contributed by atoms with Crippen molar-refractivity contribution in [2.24, 2.45) is 0 Å². The van der Waals surface area contributed by atoms with Crippen LogP contribution in [0.15, 0.2) is 48.5 Å². The summed E-state index contributed by atoms with van der Waals surface area (Å²) in [5.74, 6) is -0.401. The van der Waals surface area contributed by atoms with Crippen molar-refractivity contribution in [1.29, 1.82) is 0 Å². The lowest BCUT2D eigenvalue weighted by Crippen LogP contribution is -2.40. The Morgan fingerprint density at radius 1 is 1.11 bits per heavy atom. The van der Waals surface area contributed by atoms with Crippen LogP contribution >= 0.6 is 0 Å². The Balaban J connectivity index is 1.22. The molecule has 1 N–H and O–H groups in total. The van der Waals surface area contributed by atoms with Crippen LogP contribution in [0.1, 0.15) is 59.8 Å². The highest BCUT2D eigenvalue weighted by atomic mass is 16.8. The third-order valence-electron chi connectivity index (χ3n) is 7.74. The summed E-state index contributed by atoms with van der Waals surface area (Å²) in [5.41, 5.74) is 7.31. The number of benzene rings is 2. The number of ether oxygens (including phenoxy) is 1. The number of rotatable bonds is 7. The number of nitrogens with zero attached hydrogens (tertiary/aromatic N) is 3. The Bertz CT molecular complexity index is 1380. The molecular formula is C29H32N4O5. The van der Waals surface area contributed by atoms with Gasteiger partial charge in [-0.3, -0.25) is 14.5 Å². The van der Waals surface area contributed by atoms with Crippen molar-refractivity contribution in [3.8, 4) is 0 Å². The van der Waals surface area contributed by atoms with Gasteiger partial charge in [0, 0.05) is 54.7 Å². The second-order valence-corrected chi connectivity index (χ2v) is 10.2. The van der Waals surface area contributed by atoms with Crippen molar-refractivity contribution in [2.45, 2.75) is 64.4 Å². The molecule has 198 valence electrons. The number of carbonyl (C=O) groups excluding carboxylic acids is 3. The third kappa shape index (κ3) is 4.35. The van der Waals surface area contributed by atoms with Crippen LogP contribution in [0.25, 0.3) is 10.9 Å². The van der Waals surface area contributed by atoms with Gasteiger partial charge in [0.25, 0.3) is 11.8 Å². The van der Waals surface area contributed by atoms with Crippen molar-refractivity contribution in [2.75, 3.05) is 13.2 Å². The maximum Gasteiger partial charge on any atom is 0.327 e. The van der Waals surface area contributed by atoms with Gasteiger partial charge in [-0.25, -0.2) is 15.1 Å². The molecule has 0 aliphatic carbocycles. The Morgan fingerprint density at radius 3 is 2.68 bits per heavy atom. The summed E-state index contributed by atoms with van der Waals surface area (Å²) in [7, 11) is 0. The topological polar surface area (TPSA) is 93.1 Å². The molecule has 1 aromatic heterocycles. The van der Waals surface area contributed by atoms with E-state index in [0.29, 0.717) is 38.2 Å². The molecule has 6 rings (SSSR count). The van der Waals surface area contributed by atoms with Crippen LogP contribution in [0.5, 0.6) is 0 Å². The van der Waals surface area contributed by atoms with Gasteiger partial charge in [0.15, 0.2) is 6.29 Å². The molecule has 0 saturated carbocycles. The van der Waals surface area contributed by atoms with E-state index in [4.69, 9.17) is 9.57 Å². The minimum absolute atomic E-state index is 0.0905. The highest BCUT2D eigenvalue weighted by Gasteiger charge is 2.48. The largest absolute Gasteiger partial charge is 0.350 e. The Morgan fingerprint density at radius 2 is 1.92 bits per heavy atom. The standard InChI is InChI=1S/C29H32N4O5/c1-2-14-31-28(35)24-16-22-21-7-3-4-8-23(21)32(25(22)18-33(24)29(31)36)17-19-10-12-20(13-11-19)27(34)30-38-26-9-5-6-15-37-26/h3-4,7-8,10-13,24,26H,2,5-6,9,14-18H2,1H3,(H,30,34). The van der Waals surface area contributed by atoms with Crippen LogP contribution in [0.2, 0.25) is 0 Å². The lowest BCUT2D eigenvalue weighted by atomic mass is 9.97.